The summed E-state index contributed by atoms with van der Waals surface area (Å²) in [6, 6.07) is 8.50. The first-order valence-electron chi connectivity index (χ1n) is 9.91. The number of piperidine rings is 1. The van der Waals surface area contributed by atoms with E-state index in [-0.39, 0.29) is 13.0 Å². The molecule has 1 saturated heterocycles. The monoisotopic (exact) mass is 410 g/mol. The van der Waals surface area contributed by atoms with Gasteiger partial charge in [-0.1, -0.05) is 25.6 Å². The van der Waals surface area contributed by atoms with Gasteiger partial charge in [-0.05, 0) is 36.9 Å². The van der Waals surface area contributed by atoms with E-state index in [1.54, 1.807) is 5.48 Å². The minimum atomic E-state index is -0.604. The van der Waals surface area contributed by atoms with Crippen molar-refractivity contribution in [3.8, 4) is 0 Å². The van der Waals surface area contributed by atoms with Crippen LogP contribution in [-0.2, 0) is 13.6 Å². The average molecular weight is 411 g/mol. The van der Waals surface area contributed by atoms with E-state index in [2.05, 4.69) is 62.3 Å². The summed E-state index contributed by atoms with van der Waals surface area (Å²) in [6.45, 7) is 3.66. The van der Waals surface area contributed by atoms with Crippen molar-refractivity contribution in [2.75, 3.05) is 24.5 Å². The molecule has 0 atom stereocenters. The first-order valence-corrected chi connectivity index (χ1v) is 9.91. The number of amides is 1. The van der Waals surface area contributed by atoms with Crippen LogP contribution < -0.4 is 15.7 Å². The molecule has 3 heterocycles. The molecule has 8 heteroatoms. The van der Waals surface area contributed by atoms with Gasteiger partial charge in [0.25, 0.3) is 5.91 Å². The quantitative estimate of drug-likeness (QED) is 0.427. The molecular formula is C22H30N6O2. The minimum absolute atomic E-state index is 0. The first-order chi connectivity index (χ1) is 14.2. The highest BCUT2D eigenvalue weighted by Crippen LogP contribution is 2.22. The van der Waals surface area contributed by atoms with Crippen molar-refractivity contribution < 1.29 is 10.0 Å². The summed E-state index contributed by atoms with van der Waals surface area (Å²) in [5.41, 5.74) is 4.43. The lowest BCUT2D eigenvalue weighted by molar-refractivity contribution is 0.0705. The number of rotatable bonds is 6. The minimum Gasteiger partial charge on any atom is -0.350 e. The van der Waals surface area contributed by atoms with Gasteiger partial charge in [0.15, 0.2) is 0 Å². The molecule has 1 aliphatic rings. The number of hydrogen-bond acceptors (Lipinski definition) is 6. The van der Waals surface area contributed by atoms with Crippen molar-refractivity contribution in [2.45, 2.75) is 26.8 Å². The third kappa shape index (κ3) is 4.60. The fourth-order valence-electron chi connectivity index (χ4n) is 3.98. The van der Waals surface area contributed by atoms with Gasteiger partial charge in [-0.2, -0.15) is 0 Å². The maximum Gasteiger partial charge on any atom is 0.277 e. The molecule has 1 aromatic carbocycles. The summed E-state index contributed by atoms with van der Waals surface area (Å²) in [6.07, 6.45) is 7.23. The number of aromatic nitrogens is 3. The predicted molar refractivity (Wildman–Crippen MR) is 118 cm³/mol. The van der Waals surface area contributed by atoms with Gasteiger partial charge in [-0.15, -0.1) is 0 Å². The van der Waals surface area contributed by atoms with Crippen molar-refractivity contribution >= 4 is 22.8 Å². The predicted octanol–water partition coefficient (Wildman–Crippen LogP) is 2.73. The average Bonchev–Trinajstić information content (AvgIpc) is 3.10. The summed E-state index contributed by atoms with van der Waals surface area (Å²) in [5, 5.41) is 13.6. The summed E-state index contributed by atoms with van der Waals surface area (Å²) in [5.74, 6) is 0.648. The van der Waals surface area contributed by atoms with Crippen LogP contribution in [-0.4, -0.2) is 45.3 Å². The molecule has 0 bridgehead atoms. The number of carbonyl (C=O) groups excluding carboxylic acids is 1. The van der Waals surface area contributed by atoms with Crippen LogP contribution in [0, 0.1) is 5.92 Å². The smallest absolute Gasteiger partial charge is 0.277 e. The van der Waals surface area contributed by atoms with Crippen LogP contribution in [0.1, 0.15) is 36.2 Å². The number of benzene rings is 1. The van der Waals surface area contributed by atoms with Crippen LogP contribution >= 0.6 is 0 Å². The number of fused-ring (bicyclic) bond motifs is 1. The first kappa shape index (κ1) is 21.7. The van der Waals surface area contributed by atoms with E-state index in [1.165, 1.54) is 28.9 Å². The van der Waals surface area contributed by atoms with Crippen LogP contribution in [0.2, 0.25) is 0 Å². The highest BCUT2D eigenvalue weighted by molar-refractivity contribution is 5.92. The lowest BCUT2D eigenvalue weighted by Gasteiger charge is -2.32. The Morgan fingerprint density at radius 2 is 1.90 bits per heavy atom. The maximum absolute atomic E-state index is 11.4. The highest BCUT2D eigenvalue weighted by Gasteiger charge is 2.21. The maximum atomic E-state index is 11.4. The molecule has 30 heavy (non-hydrogen) atoms. The molecule has 1 fully saturated rings. The van der Waals surface area contributed by atoms with E-state index >= 15 is 0 Å². The van der Waals surface area contributed by atoms with Crippen LogP contribution in [0.25, 0.3) is 10.9 Å². The fraction of sp³-hybridized carbons (Fsp3) is 0.409. The Balaban J connectivity index is 0.00000256. The van der Waals surface area contributed by atoms with Gasteiger partial charge in [0.1, 0.15) is 0 Å². The van der Waals surface area contributed by atoms with Crippen LogP contribution in [0.5, 0.6) is 0 Å². The zero-order valence-electron chi connectivity index (χ0n) is 16.5. The topological polar surface area (TPSA) is 95.3 Å². The molecule has 0 aliphatic carbocycles. The Bertz CT molecular complexity index is 977. The Hall–Kier alpha value is -2.97. The van der Waals surface area contributed by atoms with E-state index in [1.807, 2.05) is 0 Å². The molecule has 0 radical (unpaired) electrons. The molecule has 4 rings (SSSR count). The molecule has 3 aromatic rings. The standard InChI is InChI=1S/C21H26N6O2.CH4/c1-26-14-17(18-4-2-3-5-19(18)26)11-22-10-15-6-8-27(9-7-15)21-23-12-16(13-24-21)20(28)25-29;/h2-5,12-15,22,29H,6-11H2,1H3,(H,25,28);1H4. The molecule has 3 N–H and O–H groups in total. The molecule has 0 spiro atoms. The second-order valence-electron chi connectivity index (χ2n) is 7.56. The Morgan fingerprint density at radius 3 is 2.60 bits per heavy atom. The van der Waals surface area contributed by atoms with Gasteiger partial charge in [0.05, 0.1) is 5.56 Å². The van der Waals surface area contributed by atoms with E-state index in [4.69, 9.17) is 5.21 Å². The van der Waals surface area contributed by atoms with Crippen LogP contribution in [0.15, 0.2) is 42.9 Å². The number of aryl methyl sites for hydroxylation is 1. The zero-order chi connectivity index (χ0) is 20.2. The zero-order valence-corrected chi connectivity index (χ0v) is 16.5. The molecule has 8 nitrogen and oxygen atoms in total. The fourth-order valence-corrected chi connectivity index (χ4v) is 3.98. The lowest BCUT2D eigenvalue weighted by atomic mass is 9.97. The number of hydroxylamine groups is 1. The number of para-hydroxylation sites is 1. The molecule has 0 unspecified atom stereocenters. The van der Waals surface area contributed by atoms with Crippen molar-refractivity contribution in [2.24, 2.45) is 13.0 Å². The van der Waals surface area contributed by atoms with Gasteiger partial charge >= 0.3 is 0 Å². The molecule has 2 aromatic heterocycles. The van der Waals surface area contributed by atoms with Crippen molar-refractivity contribution in [3.05, 3.63) is 54.0 Å². The van der Waals surface area contributed by atoms with E-state index in [0.717, 1.165) is 39.0 Å². The Kier molecular flexibility index (Phi) is 7.02. The number of hydrogen-bond donors (Lipinski definition) is 3. The van der Waals surface area contributed by atoms with Gasteiger partial charge in [0.2, 0.25) is 5.95 Å². The number of nitrogens with one attached hydrogen (secondary N) is 2. The van der Waals surface area contributed by atoms with E-state index in [9.17, 15) is 4.79 Å². The molecule has 0 saturated carbocycles. The van der Waals surface area contributed by atoms with Gasteiger partial charge < -0.3 is 14.8 Å². The van der Waals surface area contributed by atoms with E-state index < -0.39 is 5.91 Å². The largest absolute Gasteiger partial charge is 0.350 e. The normalized spacial score (nSPS) is 14.5. The summed E-state index contributed by atoms with van der Waals surface area (Å²) >= 11 is 0. The second-order valence-corrected chi connectivity index (χ2v) is 7.56. The number of anilines is 1. The lowest BCUT2D eigenvalue weighted by Crippen LogP contribution is -2.38. The third-order valence-electron chi connectivity index (χ3n) is 5.63. The number of carbonyl (C=O) groups is 1. The Labute approximate surface area is 176 Å². The summed E-state index contributed by atoms with van der Waals surface area (Å²) in [7, 11) is 2.09. The molecule has 1 amide bonds. The summed E-state index contributed by atoms with van der Waals surface area (Å²) < 4.78 is 2.18. The Morgan fingerprint density at radius 1 is 1.20 bits per heavy atom. The number of nitrogens with zero attached hydrogens (tertiary/aromatic N) is 4. The second kappa shape index (κ2) is 9.69. The highest BCUT2D eigenvalue weighted by atomic mass is 16.5. The van der Waals surface area contributed by atoms with Gasteiger partial charge in [-0.25, -0.2) is 15.4 Å². The van der Waals surface area contributed by atoms with E-state index in [0.29, 0.717) is 11.9 Å². The van der Waals surface area contributed by atoms with Crippen LogP contribution in [0.3, 0.4) is 0 Å². The molecule has 1 aliphatic heterocycles. The third-order valence-corrected chi connectivity index (χ3v) is 5.63. The van der Waals surface area contributed by atoms with Crippen molar-refractivity contribution in [1.82, 2.24) is 25.3 Å². The summed E-state index contributed by atoms with van der Waals surface area (Å²) in [4.78, 5) is 22.0. The van der Waals surface area contributed by atoms with Gasteiger partial charge in [0, 0.05) is 56.2 Å². The van der Waals surface area contributed by atoms with Gasteiger partial charge in [-0.3, -0.25) is 10.0 Å². The molecule has 160 valence electrons. The van der Waals surface area contributed by atoms with Crippen LogP contribution in [0.4, 0.5) is 5.95 Å². The van der Waals surface area contributed by atoms with Crippen molar-refractivity contribution in [3.63, 3.8) is 0 Å². The van der Waals surface area contributed by atoms with Crippen molar-refractivity contribution in [1.29, 1.82) is 0 Å². The SMILES string of the molecule is C.Cn1cc(CNCC2CCN(c3ncc(C(=O)NO)cn3)CC2)c2ccccc21. The molecular weight excluding hydrogens is 380 g/mol.